The van der Waals surface area contributed by atoms with Crippen LogP contribution in [0.1, 0.15) is 25.0 Å². The van der Waals surface area contributed by atoms with Crippen LogP contribution in [0.25, 0.3) is 11.3 Å². The van der Waals surface area contributed by atoms with E-state index >= 15 is 0 Å². The lowest BCUT2D eigenvalue weighted by molar-refractivity contribution is -0.187. The first-order chi connectivity index (χ1) is 12.2. The molecular formula is C20H24N2O3. The molecule has 1 aromatic carbocycles. The number of H-pyrrole nitrogens is 1. The summed E-state index contributed by atoms with van der Waals surface area (Å²) in [5.41, 5.74) is 3.36. The van der Waals surface area contributed by atoms with Crippen molar-refractivity contribution in [1.29, 1.82) is 0 Å². The van der Waals surface area contributed by atoms with Crippen molar-refractivity contribution in [3.05, 3.63) is 48.2 Å². The summed E-state index contributed by atoms with van der Waals surface area (Å²) < 4.78 is 11.4. The van der Waals surface area contributed by atoms with Gasteiger partial charge in [-0.3, -0.25) is 4.79 Å². The van der Waals surface area contributed by atoms with E-state index < -0.39 is 5.79 Å². The van der Waals surface area contributed by atoms with Crippen molar-refractivity contribution in [2.75, 3.05) is 26.3 Å². The number of aromatic nitrogens is 1. The highest BCUT2D eigenvalue weighted by Gasteiger charge is 2.40. The monoisotopic (exact) mass is 340 g/mol. The number of benzene rings is 1. The van der Waals surface area contributed by atoms with Gasteiger partial charge in [0.1, 0.15) is 0 Å². The Morgan fingerprint density at radius 3 is 2.48 bits per heavy atom. The number of hydrogen-bond donors (Lipinski definition) is 1. The van der Waals surface area contributed by atoms with E-state index in [1.165, 1.54) is 0 Å². The van der Waals surface area contributed by atoms with Gasteiger partial charge in [-0.25, -0.2) is 0 Å². The number of likely N-dealkylation sites (tertiary alicyclic amines) is 1. The van der Waals surface area contributed by atoms with Gasteiger partial charge in [0.15, 0.2) is 5.79 Å². The van der Waals surface area contributed by atoms with Gasteiger partial charge in [-0.05, 0) is 24.1 Å². The molecule has 5 heteroatoms. The number of ether oxygens (including phenoxy) is 2. The Morgan fingerprint density at radius 1 is 1.04 bits per heavy atom. The fraction of sp³-hybridized carbons (Fsp3) is 0.450. The van der Waals surface area contributed by atoms with Crippen LogP contribution in [0.5, 0.6) is 0 Å². The molecule has 132 valence electrons. The smallest absolute Gasteiger partial charge is 0.222 e. The van der Waals surface area contributed by atoms with Crippen LogP contribution >= 0.6 is 0 Å². The zero-order chi connectivity index (χ0) is 17.1. The van der Waals surface area contributed by atoms with Gasteiger partial charge in [0, 0.05) is 43.7 Å². The summed E-state index contributed by atoms with van der Waals surface area (Å²) in [7, 11) is 0. The number of aromatic amines is 1. The Morgan fingerprint density at radius 2 is 1.76 bits per heavy atom. The molecule has 0 radical (unpaired) electrons. The molecule has 1 N–H and O–H groups in total. The molecule has 0 atom stereocenters. The highest BCUT2D eigenvalue weighted by molar-refractivity contribution is 5.76. The Hall–Kier alpha value is -2.11. The number of carbonyl (C=O) groups is 1. The van der Waals surface area contributed by atoms with Gasteiger partial charge < -0.3 is 19.4 Å². The fourth-order valence-electron chi connectivity index (χ4n) is 3.65. The van der Waals surface area contributed by atoms with Crippen LogP contribution in [-0.2, 0) is 20.7 Å². The molecule has 1 spiro atoms. The van der Waals surface area contributed by atoms with Gasteiger partial charge in [0.2, 0.25) is 5.91 Å². The molecule has 0 bridgehead atoms. The van der Waals surface area contributed by atoms with E-state index in [0.717, 1.165) is 49.3 Å². The molecule has 0 unspecified atom stereocenters. The molecule has 5 nitrogen and oxygen atoms in total. The maximum atomic E-state index is 12.5. The fourth-order valence-corrected chi connectivity index (χ4v) is 3.65. The van der Waals surface area contributed by atoms with Gasteiger partial charge in [0.05, 0.1) is 13.2 Å². The zero-order valence-corrected chi connectivity index (χ0v) is 14.4. The molecule has 1 aromatic heterocycles. The van der Waals surface area contributed by atoms with Crippen LogP contribution in [0.3, 0.4) is 0 Å². The first kappa shape index (κ1) is 16.4. The molecule has 0 saturated carbocycles. The molecular weight excluding hydrogens is 316 g/mol. The average Bonchev–Trinajstić information content (AvgIpc) is 3.31. The Kier molecular flexibility index (Phi) is 4.59. The number of nitrogens with one attached hydrogen (secondary N) is 1. The lowest BCUT2D eigenvalue weighted by Crippen LogP contribution is -2.47. The quantitative estimate of drug-likeness (QED) is 0.931. The average molecular weight is 340 g/mol. The minimum atomic E-state index is -0.416. The molecule has 2 aliphatic rings. The van der Waals surface area contributed by atoms with Crippen LogP contribution in [0.4, 0.5) is 0 Å². The topological polar surface area (TPSA) is 54.6 Å². The van der Waals surface area contributed by atoms with E-state index in [0.29, 0.717) is 19.6 Å². The SMILES string of the molecule is O=C(CCc1ccc(-c2ccccc2)[nH]1)N1CCC2(CC1)OCCO2. The van der Waals surface area contributed by atoms with Crippen molar-refractivity contribution in [3.63, 3.8) is 0 Å². The molecule has 2 aromatic rings. The number of nitrogens with zero attached hydrogens (tertiary/aromatic N) is 1. The van der Waals surface area contributed by atoms with Crippen LogP contribution in [-0.4, -0.2) is 47.9 Å². The summed E-state index contributed by atoms with van der Waals surface area (Å²) in [6, 6.07) is 14.4. The highest BCUT2D eigenvalue weighted by atomic mass is 16.7. The standard InChI is InChI=1S/C20H24N2O3/c23-19(22-12-10-20(11-13-22)24-14-15-25-20)9-7-17-6-8-18(21-17)16-4-2-1-3-5-16/h1-6,8,21H,7,9-15H2. The molecule has 0 aliphatic carbocycles. The molecule has 25 heavy (non-hydrogen) atoms. The van der Waals surface area contributed by atoms with E-state index in [1.54, 1.807) is 0 Å². The van der Waals surface area contributed by atoms with Crippen molar-refractivity contribution in [1.82, 2.24) is 9.88 Å². The molecule has 4 rings (SSSR count). The molecule has 1 amide bonds. The normalized spacial score (nSPS) is 19.4. The predicted octanol–water partition coefficient (Wildman–Crippen LogP) is 2.98. The second kappa shape index (κ2) is 7.02. The van der Waals surface area contributed by atoms with E-state index in [-0.39, 0.29) is 5.91 Å². The second-order valence-electron chi connectivity index (χ2n) is 6.75. The second-order valence-corrected chi connectivity index (χ2v) is 6.75. The summed E-state index contributed by atoms with van der Waals surface area (Å²) >= 11 is 0. The summed E-state index contributed by atoms with van der Waals surface area (Å²) in [5.74, 6) is -0.204. The lowest BCUT2D eigenvalue weighted by atomic mass is 10.0. The van der Waals surface area contributed by atoms with Gasteiger partial charge in [-0.15, -0.1) is 0 Å². The number of rotatable bonds is 4. The number of carbonyl (C=O) groups excluding carboxylic acids is 1. The van der Waals surface area contributed by atoms with Crippen molar-refractivity contribution in [2.24, 2.45) is 0 Å². The van der Waals surface area contributed by atoms with Crippen LogP contribution in [0.2, 0.25) is 0 Å². The summed E-state index contributed by atoms with van der Waals surface area (Å²) in [5, 5.41) is 0. The third-order valence-electron chi connectivity index (χ3n) is 5.13. The first-order valence-corrected chi connectivity index (χ1v) is 9.03. The van der Waals surface area contributed by atoms with E-state index in [9.17, 15) is 4.79 Å². The number of aryl methyl sites for hydroxylation is 1. The molecule has 3 heterocycles. The van der Waals surface area contributed by atoms with Gasteiger partial charge >= 0.3 is 0 Å². The van der Waals surface area contributed by atoms with Crippen LogP contribution in [0, 0.1) is 0 Å². The summed E-state index contributed by atoms with van der Waals surface area (Å²) in [6.07, 6.45) is 2.82. The number of hydrogen-bond acceptors (Lipinski definition) is 3. The maximum absolute atomic E-state index is 12.5. The van der Waals surface area contributed by atoms with Crippen molar-refractivity contribution >= 4 is 5.91 Å². The van der Waals surface area contributed by atoms with E-state index in [4.69, 9.17) is 9.47 Å². The number of piperidine rings is 1. The third kappa shape index (κ3) is 3.62. The van der Waals surface area contributed by atoms with Crippen LogP contribution in [0.15, 0.2) is 42.5 Å². The predicted molar refractivity (Wildman–Crippen MR) is 95.0 cm³/mol. The molecule has 2 saturated heterocycles. The van der Waals surface area contributed by atoms with E-state index in [2.05, 4.69) is 29.2 Å². The Bertz CT molecular complexity index is 710. The zero-order valence-electron chi connectivity index (χ0n) is 14.4. The van der Waals surface area contributed by atoms with Crippen molar-refractivity contribution in [2.45, 2.75) is 31.5 Å². The van der Waals surface area contributed by atoms with Crippen LogP contribution < -0.4 is 0 Å². The van der Waals surface area contributed by atoms with E-state index in [1.807, 2.05) is 23.1 Å². The van der Waals surface area contributed by atoms with Gasteiger partial charge in [-0.1, -0.05) is 30.3 Å². The van der Waals surface area contributed by atoms with Gasteiger partial charge in [0.25, 0.3) is 0 Å². The minimum absolute atomic E-state index is 0.212. The molecule has 2 aliphatic heterocycles. The number of amides is 1. The maximum Gasteiger partial charge on any atom is 0.222 e. The first-order valence-electron chi connectivity index (χ1n) is 9.03. The largest absolute Gasteiger partial charge is 0.358 e. The lowest BCUT2D eigenvalue weighted by Gasteiger charge is -2.37. The van der Waals surface area contributed by atoms with Gasteiger partial charge in [-0.2, -0.15) is 0 Å². The molecule has 2 fully saturated rings. The summed E-state index contributed by atoms with van der Waals surface area (Å²) in [4.78, 5) is 17.8. The minimum Gasteiger partial charge on any atom is -0.358 e. The third-order valence-corrected chi connectivity index (χ3v) is 5.13. The summed E-state index contributed by atoms with van der Waals surface area (Å²) in [6.45, 7) is 2.78. The Balaban J connectivity index is 1.29. The van der Waals surface area contributed by atoms with Crippen molar-refractivity contribution < 1.29 is 14.3 Å². The van der Waals surface area contributed by atoms with Crippen molar-refractivity contribution in [3.8, 4) is 11.3 Å². The Labute approximate surface area is 147 Å². The highest BCUT2D eigenvalue weighted by Crippen LogP contribution is 2.31.